The Bertz CT molecular complexity index is 986. The van der Waals surface area contributed by atoms with Gasteiger partial charge in [-0.2, -0.15) is 0 Å². The van der Waals surface area contributed by atoms with E-state index in [1.54, 1.807) is 0 Å². The Morgan fingerprint density at radius 1 is 1.19 bits per heavy atom. The summed E-state index contributed by atoms with van der Waals surface area (Å²) in [5, 5.41) is 0.589. The number of hydrogen-bond acceptors (Lipinski definition) is 4. The highest BCUT2D eigenvalue weighted by molar-refractivity contribution is 9.10. The molecule has 0 atom stereocenters. The summed E-state index contributed by atoms with van der Waals surface area (Å²) in [5.41, 5.74) is 10.9. The molecule has 2 heterocycles. The molecule has 0 aliphatic carbocycles. The summed E-state index contributed by atoms with van der Waals surface area (Å²) in [5.74, 6) is 0.861. The van der Waals surface area contributed by atoms with Crippen molar-refractivity contribution >= 4 is 53.6 Å². The predicted molar refractivity (Wildman–Crippen MR) is 91.6 cm³/mol. The fraction of sp³-hybridized carbons (Fsp3) is 0.0667. The largest absolute Gasteiger partial charge is 0.375 e. The van der Waals surface area contributed by atoms with Crippen LogP contribution in [0.5, 0.6) is 0 Å². The Morgan fingerprint density at radius 2 is 2.05 bits per heavy atom. The highest BCUT2D eigenvalue weighted by Crippen LogP contribution is 2.30. The lowest BCUT2D eigenvalue weighted by Gasteiger charge is -1.95. The number of nitrogen functional groups attached to an aromatic ring is 1. The number of nitrogens with zero attached hydrogens (tertiary/aromatic N) is 2. The van der Waals surface area contributed by atoms with Gasteiger partial charge in [0, 0.05) is 10.0 Å². The maximum absolute atomic E-state index is 5.76. The first-order valence-electron chi connectivity index (χ1n) is 6.42. The van der Waals surface area contributed by atoms with E-state index < -0.39 is 0 Å². The number of imidazole rings is 1. The van der Waals surface area contributed by atoms with Crippen molar-refractivity contribution in [2.45, 2.75) is 6.92 Å². The monoisotopic (exact) mass is 358 g/mol. The van der Waals surface area contributed by atoms with E-state index in [2.05, 4.69) is 45.0 Å². The van der Waals surface area contributed by atoms with Gasteiger partial charge in [0.25, 0.3) is 0 Å². The summed E-state index contributed by atoms with van der Waals surface area (Å²) in [6, 6.07) is 10.2. The third kappa shape index (κ3) is 2.11. The topological polar surface area (TPSA) is 67.6 Å². The minimum absolute atomic E-state index is 0.589. The predicted octanol–water partition coefficient (Wildman–Crippen LogP) is 4.49. The fourth-order valence-corrected chi connectivity index (χ4v) is 3.82. The Kier molecular flexibility index (Phi) is 2.77. The summed E-state index contributed by atoms with van der Waals surface area (Å²) in [4.78, 5) is 12.4. The first kappa shape index (κ1) is 12.8. The molecule has 0 radical (unpaired) electrons. The van der Waals surface area contributed by atoms with E-state index in [1.165, 1.54) is 11.3 Å². The Morgan fingerprint density at radius 3 is 2.90 bits per heavy atom. The summed E-state index contributed by atoms with van der Waals surface area (Å²) in [7, 11) is 0. The van der Waals surface area contributed by atoms with E-state index in [-0.39, 0.29) is 0 Å². The van der Waals surface area contributed by atoms with Crippen molar-refractivity contribution in [3.05, 3.63) is 40.4 Å². The molecule has 0 unspecified atom stereocenters. The van der Waals surface area contributed by atoms with Gasteiger partial charge in [-0.25, -0.2) is 9.97 Å². The number of benzene rings is 2. The average molecular weight is 359 g/mol. The number of nitrogens with one attached hydrogen (secondary N) is 1. The average Bonchev–Trinajstić information content (AvgIpc) is 2.99. The molecule has 0 saturated heterocycles. The molecule has 3 N–H and O–H groups in total. The van der Waals surface area contributed by atoms with E-state index in [0.717, 1.165) is 42.7 Å². The standard InChI is InChI=1S/C15H11BrN4S/c1-7-4-9(16)6-11-13(7)20-14(18-11)8-2-3-10-12(5-8)21-15(17)19-10/h2-6H,1H3,(H2,17,19)(H,18,20). The second-order valence-corrected chi connectivity index (χ2v) is 6.92. The molecule has 2 aromatic carbocycles. The molecule has 0 fully saturated rings. The van der Waals surface area contributed by atoms with Crippen LogP contribution in [0.4, 0.5) is 5.13 Å². The van der Waals surface area contributed by atoms with Gasteiger partial charge in [0.2, 0.25) is 0 Å². The Labute approximate surface area is 133 Å². The molecular weight excluding hydrogens is 348 g/mol. The van der Waals surface area contributed by atoms with E-state index in [4.69, 9.17) is 10.7 Å². The van der Waals surface area contributed by atoms with Crippen LogP contribution in [-0.4, -0.2) is 15.0 Å². The van der Waals surface area contributed by atoms with Gasteiger partial charge in [-0.05, 0) is 42.8 Å². The molecule has 104 valence electrons. The van der Waals surface area contributed by atoms with Crippen LogP contribution in [0.1, 0.15) is 5.56 Å². The molecule has 6 heteroatoms. The number of anilines is 1. The third-order valence-corrected chi connectivity index (χ3v) is 4.73. The summed E-state index contributed by atoms with van der Waals surface area (Å²) < 4.78 is 2.12. The Hall–Kier alpha value is -1.92. The lowest BCUT2D eigenvalue weighted by atomic mass is 10.2. The van der Waals surface area contributed by atoms with E-state index in [0.29, 0.717) is 5.13 Å². The highest BCUT2D eigenvalue weighted by atomic mass is 79.9. The van der Waals surface area contributed by atoms with E-state index >= 15 is 0 Å². The molecule has 2 aromatic heterocycles. The molecular formula is C15H11BrN4S. The van der Waals surface area contributed by atoms with Gasteiger partial charge < -0.3 is 10.7 Å². The van der Waals surface area contributed by atoms with Gasteiger partial charge in [-0.1, -0.05) is 27.3 Å². The van der Waals surface area contributed by atoms with Crippen molar-refractivity contribution in [3.63, 3.8) is 0 Å². The normalized spacial score (nSPS) is 11.5. The van der Waals surface area contributed by atoms with Crippen molar-refractivity contribution in [1.82, 2.24) is 15.0 Å². The molecule has 0 amide bonds. The maximum Gasteiger partial charge on any atom is 0.181 e. The van der Waals surface area contributed by atoms with Gasteiger partial charge in [0.1, 0.15) is 5.82 Å². The number of rotatable bonds is 1. The molecule has 21 heavy (non-hydrogen) atoms. The van der Waals surface area contributed by atoms with Crippen LogP contribution in [0, 0.1) is 6.92 Å². The second-order valence-electron chi connectivity index (χ2n) is 4.94. The quantitative estimate of drug-likeness (QED) is 0.526. The van der Waals surface area contributed by atoms with Gasteiger partial charge in [-0.15, -0.1) is 0 Å². The van der Waals surface area contributed by atoms with Crippen LogP contribution in [0.3, 0.4) is 0 Å². The first-order valence-corrected chi connectivity index (χ1v) is 8.03. The third-order valence-electron chi connectivity index (χ3n) is 3.42. The zero-order valence-electron chi connectivity index (χ0n) is 11.1. The Balaban J connectivity index is 1.92. The van der Waals surface area contributed by atoms with Crippen LogP contribution in [0.2, 0.25) is 0 Å². The van der Waals surface area contributed by atoms with Crippen molar-refractivity contribution < 1.29 is 0 Å². The van der Waals surface area contributed by atoms with E-state index in [9.17, 15) is 0 Å². The van der Waals surface area contributed by atoms with Crippen LogP contribution < -0.4 is 5.73 Å². The fourth-order valence-electron chi connectivity index (χ4n) is 2.47. The van der Waals surface area contributed by atoms with Gasteiger partial charge in [-0.3, -0.25) is 0 Å². The second kappa shape index (κ2) is 4.54. The SMILES string of the molecule is Cc1cc(Br)cc2[nH]c(-c3ccc4nc(N)sc4c3)nc12. The summed E-state index contributed by atoms with van der Waals surface area (Å²) >= 11 is 5.01. The molecule has 4 aromatic rings. The van der Waals surface area contributed by atoms with Crippen molar-refractivity contribution in [1.29, 1.82) is 0 Å². The van der Waals surface area contributed by atoms with E-state index in [1.807, 2.05) is 18.2 Å². The van der Waals surface area contributed by atoms with Crippen LogP contribution in [0.25, 0.3) is 32.6 Å². The van der Waals surface area contributed by atoms with Crippen molar-refractivity contribution in [3.8, 4) is 11.4 Å². The number of fused-ring (bicyclic) bond motifs is 2. The van der Waals surface area contributed by atoms with Gasteiger partial charge in [0.15, 0.2) is 5.13 Å². The minimum atomic E-state index is 0.589. The van der Waals surface area contributed by atoms with Gasteiger partial charge >= 0.3 is 0 Å². The van der Waals surface area contributed by atoms with Crippen LogP contribution >= 0.6 is 27.3 Å². The van der Waals surface area contributed by atoms with Crippen molar-refractivity contribution in [2.75, 3.05) is 5.73 Å². The number of nitrogens with two attached hydrogens (primary N) is 1. The highest BCUT2D eigenvalue weighted by Gasteiger charge is 2.10. The number of halogens is 1. The van der Waals surface area contributed by atoms with Crippen LogP contribution in [-0.2, 0) is 0 Å². The maximum atomic E-state index is 5.76. The molecule has 0 aliphatic heterocycles. The minimum Gasteiger partial charge on any atom is -0.375 e. The van der Waals surface area contributed by atoms with Crippen molar-refractivity contribution in [2.24, 2.45) is 0 Å². The molecule has 0 saturated carbocycles. The lowest BCUT2D eigenvalue weighted by molar-refractivity contribution is 1.33. The molecule has 0 aliphatic rings. The summed E-state index contributed by atoms with van der Waals surface area (Å²) in [6.07, 6.45) is 0. The molecule has 4 rings (SSSR count). The molecule has 4 nitrogen and oxygen atoms in total. The number of aryl methyl sites for hydroxylation is 1. The number of aromatic amines is 1. The lowest BCUT2D eigenvalue weighted by Crippen LogP contribution is -1.80. The molecule has 0 bridgehead atoms. The number of H-pyrrole nitrogens is 1. The summed E-state index contributed by atoms with van der Waals surface area (Å²) in [6.45, 7) is 2.06. The zero-order valence-corrected chi connectivity index (χ0v) is 13.5. The molecule has 0 spiro atoms. The van der Waals surface area contributed by atoms with Crippen LogP contribution in [0.15, 0.2) is 34.8 Å². The number of hydrogen-bond donors (Lipinski definition) is 2. The first-order chi connectivity index (χ1) is 10.1. The zero-order chi connectivity index (χ0) is 14.6. The number of aromatic nitrogens is 3. The van der Waals surface area contributed by atoms with Gasteiger partial charge in [0.05, 0.1) is 21.3 Å². The number of thiazole rings is 1. The smallest absolute Gasteiger partial charge is 0.181 e.